The molecule has 0 amide bonds. The fourth-order valence-electron chi connectivity index (χ4n) is 3.46. The number of aryl methyl sites for hydroxylation is 1. The molecule has 3 heteroatoms. The lowest BCUT2D eigenvalue weighted by Crippen LogP contribution is -2.29. The summed E-state index contributed by atoms with van der Waals surface area (Å²) in [6.45, 7) is 2.97. The molecular formula is C18H25N3. The molecule has 1 aliphatic rings. The van der Waals surface area contributed by atoms with Crippen LogP contribution >= 0.6 is 0 Å². The summed E-state index contributed by atoms with van der Waals surface area (Å²) in [6.07, 6.45) is 8.78. The van der Waals surface area contributed by atoms with Gasteiger partial charge >= 0.3 is 0 Å². The van der Waals surface area contributed by atoms with Gasteiger partial charge < -0.3 is 5.32 Å². The standard InChI is InChI=1S/C18H25N3/c1-14-17(13-20-21-14)12-19-18(15-8-4-2-5-9-15)16-10-6-3-7-11-16/h2,4-5,8-9,13,16,18-19H,3,6-7,10-12H2,1H3,(H,20,21). The maximum atomic E-state index is 4.12. The number of rotatable bonds is 5. The summed E-state index contributed by atoms with van der Waals surface area (Å²) in [4.78, 5) is 0. The Kier molecular flexibility index (Phi) is 4.71. The first kappa shape index (κ1) is 14.3. The van der Waals surface area contributed by atoms with Gasteiger partial charge in [0.05, 0.1) is 6.20 Å². The number of hydrogen-bond donors (Lipinski definition) is 2. The second-order valence-corrected chi connectivity index (χ2v) is 6.19. The fraction of sp³-hybridized carbons (Fsp3) is 0.500. The number of aromatic nitrogens is 2. The average molecular weight is 283 g/mol. The van der Waals surface area contributed by atoms with Gasteiger partial charge in [-0.05, 0) is 31.2 Å². The van der Waals surface area contributed by atoms with Crippen molar-refractivity contribution in [1.82, 2.24) is 15.5 Å². The van der Waals surface area contributed by atoms with Crippen LogP contribution in [0.5, 0.6) is 0 Å². The van der Waals surface area contributed by atoms with Gasteiger partial charge in [0.15, 0.2) is 0 Å². The average Bonchev–Trinajstić information content (AvgIpc) is 2.95. The topological polar surface area (TPSA) is 40.7 Å². The first-order chi connectivity index (χ1) is 10.3. The molecule has 1 heterocycles. The summed E-state index contributed by atoms with van der Waals surface area (Å²) in [5, 5.41) is 10.9. The number of benzene rings is 1. The predicted molar refractivity (Wildman–Crippen MR) is 85.9 cm³/mol. The lowest BCUT2D eigenvalue weighted by Gasteiger charge is -2.31. The predicted octanol–water partition coefficient (Wildman–Crippen LogP) is 4.13. The van der Waals surface area contributed by atoms with Gasteiger partial charge in [-0.25, -0.2) is 0 Å². The molecule has 1 fully saturated rings. The molecule has 0 radical (unpaired) electrons. The van der Waals surface area contributed by atoms with Crippen molar-refractivity contribution >= 4 is 0 Å². The van der Waals surface area contributed by atoms with Crippen molar-refractivity contribution in [3.8, 4) is 0 Å². The molecule has 0 aliphatic heterocycles. The molecule has 112 valence electrons. The zero-order valence-electron chi connectivity index (χ0n) is 12.8. The Labute approximate surface area is 127 Å². The van der Waals surface area contributed by atoms with Crippen LogP contribution in [0.15, 0.2) is 36.5 Å². The highest BCUT2D eigenvalue weighted by atomic mass is 15.1. The molecule has 1 aliphatic carbocycles. The van der Waals surface area contributed by atoms with Gasteiger partial charge in [0.2, 0.25) is 0 Å². The Hall–Kier alpha value is -1.61. The third-order valence-corrected chi connectivity index (χ3v) is 4.73. The minimum atomic E-state index is 0.459. The number of H-pyrrole nitrogens is 1. The summed E-state index contributed by atoms with van der Waals surface area (Å²) in [5.41, 5.74) is 3.86. The van der Waals surface area contributed by atoms with E-state index >= 15 is 0 Å². The summed E-state index contributed by atoms with van der Waals surface area (Å²) in [6, 6.07) is 11.4. The summed E-state index contributed by atoms with van der Waals surface area (Å²) >= 11 is 0. The molecule has 0 spiro atoms. The largest absolute Gasteiger partial charge is 0.305 e. The zero-order valence-corrected chi connectivity index (χ0v) is 12.8. The highest BCUT2D eigenvalue weighted by Crippen LogP contribution is 2.34. The van der Waals surface area contributed by atoms with Crippen molar-refractivity contribution in [2.24, 2.45) is 5.92 Å². The second kappa shape index (κ2) is 6.90. The maximum Gasteiger partial charge on any atom is 0.0535 e. The molecule has 0 bridgehead atoms. The van der Waals surface area contributed by atoms with Gasteiger partial charge in [-0.3, -0.25) is 5.10 Å². The molecule has 0 saturated heterocycles. The molecule has 1 saturated carbocycles. The summed E-state index contributed by atoms with van der Waals surface area (Å²) in [5.74, 6) is 0.758. The zero-order chi connectivity index (χ0) is 14.5. The van der Waals surface area contributed by atoms with Crippen LogP contribution in [0.4, 0.5) is 0 Å². The highest BCUT2D eigenvalue weighted by molar-refractivity contribution is 5.21. The Morgan fingerprint density at radius 3 is 2.62 bits per heavy atom. The van der Waals surface area contributed by atoms with Crippen molar-refractivity contribution in [2.45, 2.75) is 51.6 Å². The fourth-order valence-corrected chi connectivity index (χ4v) is 3.46. The van der Waals surface area contributed by atoms with Crippen LogP contribution in [0.1, 0.15) is 55.0 Å². The van der Waals surface area contributed by atoms with Crippen LogP contribution < -0.4 is 5.32 Å². The van der Waals surface area contributed by atoms with Crippen LogP contribution in [0.3, 0.4) is 0 Å². The molecule has 1 atom stereocenters. The smallest absolute Gasteiger partial charge is 0.0535 e. The molecule has 21 heavy (non-hydrogen) atoms. The van der Waals surface area contributed by atoms with E-state index in [1.165, 1.54) is 43.2 Å². The van der Waals surface area contributed by atoms with Gasteiger partial charge in [-0.15, -0.1) is 0 Å². The molecule has 1 aromatic heterocycles. The van der Waals surface area contributed by atoms with Crippen molar-refractivity contribution in [1.29, 1.82) is 0 Å². The van der Waals surface area contributed by atoms with Crippen molar-refractivity contribution in [3.05, 3.63) is 53.3 Å². The summed E-state index contributed by atoms with van der Waals surface area (Å²) < 4.78 is 0. The van der Waals surface area contributed by atoms with E-state index in [0.717, 1.165) is 18.2 Å². The lowest BCUT2D eigenvalue weighted by atomic mass is 9.81. The molecular weight excluding hydrogens is 258 g/mol. The first-order valence-corrected chi connectivity index (χ1v) is 8.12. The van der Waals surface area contributed by atoms with Gasteiger partial charge in [-0.1, -0.05) is 49.6 Å². The van der Waals surface area contributed by atoms with Gasteiger partial charge in [-0.2, -0.15) is 5.10 Å². The third-order valence-electron chi connectivity index (χ3n) is 4.73. The molecule has 3 nitrogen and oxygen atoms in total. The maximum absolute atomic E-state index is 4.12. The monoisotopic (exact) mass is 283 g/mol. The third kappa shape index (κ3) is 3.53. The van der Waals surface area contributed by atoms with Gasteiger partial charge in [0.25, 0.3) is 0 Å². The van der Waals surface area contributed by atoms with Crippen LogP contribution in [0.2, 0.25) is 0 Å². The second-order valence-electron chi connectivity index (χ2n) is 6.19. The van der Waals surface area contributed by atoms with Crippen LogP contribution in [0.25, 0.3) is 0 Å². The van der Waals surface area contributed by atoms with Crippen molar-refractivity contribution in [3.63, 3.8) is 0 Å². The number of nitrogens with one attached hydrogen (secondary N) is 2. The van der Waals surface area contributed by atoms with Gasteiger partial charge in [0.1, 0.15) is 0 Å². The SMILES string of the molecule is Cc1[nH]ncc1CNC(c1ccccc1)C1CCCCC1. The lowest BCUT2D eigenvalue weighted by molar-refractivity contribution is 0.270. The molecule has 2 N–H and O–H groups in total. The normalized spacial score (nSPS) is 17.8. The van der Waals surface area contributed by atoms with Crippen LogP contribution in [0, 0.1) is 12.8 Å². The van der Waals surface area contributed by atoms with E-state index in [9.17, 15) is 0 Å². The van der Waals surface area contributed by atoms with Crippen molar-refractivity contribution < 1.29 is 0 Å². The van der Waals surface area contributed by atoms with Crippen LogP contribution in [-0.2, 0) is 6.54 Å². The summed E-state index contributed by atoms with van der Waals surface area (Å²) in [7, 11) is 0. The number of aromatic amines is 1. The minimum absolute atomic E-state index is 0.459. The Balaban J connectivity index is 1.74. The van der Waals surface area contributed by atoms with E-state index in [1.807, 2.05) is 6.20 Å². The molecule has 2 aromatic rings. The molecule has 1 unspecified atom stereocenters. The highest BCUT2D eigenvalue weighted by Gasteiger charge is 2.24. The van der Waals surface area contributed by atoms with E-state index < -0.39 is 0 Å². The Bertz CT molecular complexity index is 541. The quantitative estimate of drug-likeness (QED) is 0.866. The van der Waals surface area contributed by atoms with E-state index in [1.54, 1.807) is 0 Å². The Morgan fingerprint density at radius 1 is 1.19 bits per heavy atom. The van der Waals surface area contributed by atoms with Crippen LogP contribution in [-0.4, -0.2) is 10.2 Å². The van der Waals surface area contributed by atoms with E-state index in [4.69, 9.17) is 0 Å². The van der Waals surface area contributed by atoms with E-state index in [0.29, 0.717) is 6.04 Å². The number of hydrogen-bond acceptors (Lipinski definition) is 2. The molecule has 3 rings (SSSR count). The van der Waals surface area contributed by atoms with Gasteiger partial charge in [0, 0.05) is 23.8 Å². The Morgan fingerprint density at radius 2 is 1.95 bits per heavy atom. The molecule has 1 aromatic carbocycles. The van der Waals surface area contributed by atoms with E-state index in [2.05, 4.69) is 52.8 Å². The minimum Gasteiger partial charge on any atom is -0.305 e. The number of nitrogens with zero attached hydrogens (tertiary/aromatic N) is 1. The first-order valence-electron chi connectivity index (χ1n) is 8.12. The van der Waals surface area contributed by atoms with Crippen molar-refractivity contribution in [2.75, 3.05) is 0 Å². The van der Waals surface area contributed by atoms with E-state index in [-0.39, 0.29) is 0 Å².